The molecule has 150 valence electrons. The minimum atomic E-state index is -2.34. The van der Waals surface area contributed by atoms with Gasteiger partial charge >= 0.3 is 173 Å². The van der Waals surface area contributed by atoms with E-state index in [-0.39, 0.29) is 7.84 Å². The summed E-state index contributed by atoms with van der Waals surface area (Å²) in [5.41, 5.74) is 10.4. The molecule has 1 aliphatic rings. The zero-order valence-corrected chi connectivity index (χ0v) is 18.7. The van der Waals surface area contributed by atoms with Gasteiger partial charge in [-0.25, -0.2) is 0 Å². The van der Waals surface area contributed by atoms with Crippen molar-refractivity contribution in [1.82, 2.24) is 5.32 Å². The molecule has 0 aromatic heterocycles. The second-order valence-corrected chi connectivity index (χ2v) is 11.8. The number of nitrogen functional groups attached to an aromatic ring is 1. The van der Waals surface area contributed by atoms with E-state index in [0.717, 1.165) is 28.8 Å². The molecule has 0 saturated heterocycles. The van der Waals surface area contributed by atoms with Crippen molar-refractivity contribution in [2.24, 2.45) is 3.21 Å². The van der Waals surface area contributed by atoms with Crippen LogP contribution in [0.25, 0.3) is 0 Å². The Labute approximate surface area is 173 Å². The molecule has 1 amide bonds. The van der Waals surface area contributed by atoms with Gasteiger partial charge in [0.1, 0.15) is 0 Å². The van der Waals surface area contributed by atoms with Crippen LogP contribution >= 0.6 is 20.1 Å². The number of halogens is 1. The van der Waals surface area contributed by atoms with Crippen LogP contribution in [0.2, 0.25) is 0 Å². The van der Waals surface area contributed by atoms with Crippen molar-refractivity contribution in [3.63, 3.8) is 0 Å². The number of anilines is 1. The molecule has 0 aliphatic carbocycles. The number of amides is 1. The number of hydrogen-bond donors (Lipinski definition) is 2. The van der Waals surface area contributed by atoms with E-state index in [0.29, 0.717) is 23.7 Å². The molecule has 6 nitrogen and oxygen atoms in total. The third-order valence-corrected chi connectivity index (χ3v) is 9.41. The van der Waals surface area contributed by atoms with Crippen LogP contribution in [0.3, 0.4) is 0 Å². The van der Waals surface area contributed by atoms with Gasteiger partial charge < -0.3 is 0 Å². The Morgan fingerprint density at radius 2 is 1.86 bits per heavy atom. The summed E-state index contributed by atoms with van der Waals surface area (Å²) in [6.07, 6.45) is 0.777. The number of alkyl halides is 1. The number of benzene rings is 2. The number of nitrogens with one attached hydrogen (secondary N) is 1. The number of ether oxygens (including phenoxy) is 2. The van der Waals surface area contributed by atoms with E-state index in [1.54, 1.807) is 14.2 Å². The standard InChI is InChI=1S/C21H26IN3O3/c1-5-24-21(26)22-13(2)10-15-11-18(27-3)19(28-4)12-17(15)20(25-22)14-6-8-16(23)9-7-14/h6-9,11-13H,5,10,23H2,1-4H3,(H,24,26). The van der Waals surface area contributed by atoms with Gasteiger partial charge in [-0.15, -0.1) is 0 Å². The third kappa shape index (κ3) is 4.09. The van der Waals surface area contributed by atoms with E-state index < -0.39 is 20.1 Å². The van der Waals surface area contributed by atoms with Gasteiger partial charge in [-0.3, -0.25) is 0 Å². The molecule has 0 radical (unpaired) electrons. The predicted molar refractivity (Wildman–Crippen MR) is 122 cm³/mol. The molecule has 1 heterocycles. The molecule has 3 rings (SSSR count). The summed E-state index contributed by atoms with van der Waals surface area (Å²) in [5, 5.41) is 2.98. The molecule has 2 aromatic carbocycles. The molecule has 1 unspecified atom stereocenters. The third-order valence-electron chi connectivity index (χ3n) is 4.57. The summed E-state index contributed by atoms with van der Waals surface area (Å²) in [7, 11) is 3.25. The quantitative estimate of drug-likeness (QED) is 0.214. The summed E-state index contributed by atoms with van der Waals surface area (Å²) in [5.74, 6) is 1.34. The molecule has 0 saturated carbocycles. The molecule has 7 heteroatoms. The van der Waals surface area contributed by atoms with Gasteiger partial charge in [0.05, 0.1) is 0 Å². The minimum absolute atomic E-state index is 0.0962. The average Bonchev–Trinajstić information content (AvgIpc) is 2.83. The van der Waals surface area contributed by atoms with Gasteiger partial charge in [0.2, 0.25) is 0 Å². The monoisotopic (exact) mass is 495 g/mol. The molecule has 1 atom stereocenters. The van der Waals surface area contributed by atoms with E-state index in [1.807, 2.05) is 43.3 Å². The fourth-order valence-corrected chi connectivity index (χ4v) is 7.55. The fraction of sp³-hybridized carbons (Fsp3) is 0.333. The zero-order valence-electron chi connectivity index (χ0n) is 16.6. The summed E-state index contributed by atoms with van der Waals surface area (Å²) in [6, 6.07) is 11.6. The van der Waals surface area contributed by atoms with Gasteiger partial charge in [0.25, 0.3) is 0 Å². The number of carbonyl (C=O) groups is 1. The van der Waals surface area contributed by atoms with E-state index in [2.05, 4.69) is 12.2 Å². The maximum atomic E-state index is 12.8. The first-order valence-electron chi connectivity index (χ1n) is 9.14. The zero-order chi connectivity index (χ0) is 20.3. The van der Waals surface area contributed by atoms with Crippen LogP contribution < -0.4 is 20.5 Å². The van der Waals surface area contributed by atoms with E-state index in [1.165, 1.54) is 0 Å². The Morgan fingerprint density at radius 3 is 2.46 bits per heavy atom. The Kier molecular flexibility index (Phi) is 6.43. The predicted octanol–water partition coefficient (Wildman–Crippen LogP) is 4.22. The Bertz CT molecular complexity index is 897. The number of nitrogens with two attached hydrogens (primary N) is 1. The number of hydrogen-bond acceptors (Lipinski definition) is 5. The molecular formula is C21H26IN3O3. The van der Waals surface area contributed by atoms with E-state index in [9.17, 15) is 4.79 Å². The van der Waals surface area contributed by atoms with Gasteiger partial charge in [-0.2, -0.15) is 0 Å². The number of nitrogens with zero attached hydrogens (tertiary/aromatic N) is 1. The van der Waals surface area contributed by atoms with E-state index in [4.69, 9.17) is 18.4 Å². The topological polar surface area (TPSA) is 85.9 Å². The first kappa shape index (κ1) is 20.4. The van der Waals surface area contributed by atoms with Gasteiger partial charge in [-0.1, -0.05) is 0 Å². The number of methoxy groups -OCH3 is 2. The Morgan fingerprint density at radius 1 is 1.21 bits per heavy atom. The fourth-order valence-electron chi connectivity index (χ4n) is 3.17. The van der Waals surface area contributed by atoms with Crippen LogP contribution in [-0.4, -0.2) is 34.3 Å². The Hall–Kier alpha value is -2.29. The van der Waals surface area contributed by atoms with Crippen molar-refractivity contribution in [3.8, 4) is 11.5 Å². The van der Waals surface area contributed by atoms with Gasteiger partial charge in [0.15, 0.2) is 0 Å². The molecule has 1 aliphatic heterocycles. The molecule has 2 aromatic rings. The van der Waals surface area contributed by atoms with Crippen LogP contribution in [0.5, 0.6) is 11.5 Å². The molecular weight excluding hydrogens is 469 g/mol. The second kappa shape index (κ2) is 8.81. The van der Waals surface area contributed by atoms with Crippen molar-refractivity contribution < 1.29 is 14.3 Å². The normalized spacial score (nSPS) is 17.2. The van der Waals surface area contributed by atoms with Crippen molar-refractivity contribution in [1.29, 1.82) is 0 Å². The maximum absolute atomic E-state index is 12.8. The number of fused-ring (bicyclic) bond motifs is 1. The molecule has 28 heavy (non-hydrogen) atoms. The van der Waals surface area contributed by atoms with Crippen molar-refractivity contribution in [2.45, 2.75) is 24.2 Å². The van der Waals surface area contributed by atoms with Gasteiger partial charge in [-0.05, 0) is 0 Å². The summed E-state index contributed by atoms with van der Waals surface area (Å²) >= 11 is -2.34. The first-order chi connectivity index (χ1) is 13.5. The molecule has 3 N–H and O–H groups in total. The number of carbonyl (C=O) groups excluding carboxylic acids is 1. The second-order valence-electron chi connectivity index (χ2n) is 6.50. The first-order valence-corrected chi connectivity index (χ1v) is 12.4. The van der Waals surface area contributed by atoms with Crippen LogP contribution in [0.15, 0.2) is 39.6 Å². The molecule has 0 fully saturated rings. The van der Waals surface area contributed by atoms with Crippen LogP contribution in [0.4, 0.5) is 10.5 Å². The van der Waals surface area contributed by atoms with Crippen LogP contribution in [-0.2, 0) is 6.42 Å². The summed E-state index contributed by atoms with van der Waals surface area (Å²) < 4.78 is 16.4. The van der Waals surface area contributed by atoms with Gasteiger partial charge in [0, 0.05) is 0 Å². The van der Waals surface area contributed by atoms with Crippen molar-refractivity contribution >= 4 is 35.4 Å². The van der Waals surface area contributed by atoms with E-state index >= 15 is 0 Å². The SMILES string of the molecule is CCNC(=O)I1N=C(c2ccc(N)cc2)c2cc(OC)c(OC)cc2CC1C. The van der Waals surface area contributed by atoms with Crippen molar-refractivity contribution in [2.75, 3.05) is 26.5 Å². The van der Waals surface area contributed by atoms with Crippen molar-refractivity contribution in [3.05, 3.63) is 53.1 Å². The van der Waals surface area contributed by atoms with Crippen LogP contribution in [0, 0.1) is 0 Å². The summed E-state index contributed by atoms with van der Waals surface area (Å²) in [6.45, 7) is 4.67. The number of rotatable bonds is 5. The van der Waals surface area contributed by atoms with Crippen LogP contribution in [0.1, 0.15) is 30.5 Å². The Balaban J connectivity index is 2.21. The molecule has 0 bridgehead atoms. The average molecular weight is 495 g/mol. The molecule has 0 spiro atoms. The summed E-state index contributed by atoms with van der Waals surface area (Å²) in [4.78, 5) is 12.8.